The van der Waals surface area contributed by atoms with Gasteiger partial charge in [0.05, 0.1) is 7.11 Å². The topological polar surface area (TPSA) is 72.8 Å². The first-order valence-electron chi connectivity index (χ1n) is 6.70. The molecule has 22 heavy (non-hydrogen) atoms. The molecule has 0 heterocycles. The number of carbonyl (C=O) groups is 2. The lowest BCUT2D eigenvalue weighted by Crippen LogP contribution is -2.07. The van der Waals surface area contributed by atoms with Crippen LogP contribution < -0.4 is 9.47 Å². The van der Waals surface area contributed by atoms with Crippen LogP contribution in [0.1, 0.15) is 22.3 Å². The number of methoxy groups -OCH3 is 1. The third kappa shape index (κ3) is 4.09. The van der Waals surface area contributed by atoms with Crippen LogP contribution in [0.4, 0.5) is 0 Å². The van der Waals surface area contributed by atoms with Crippen LogP contribution in [-0.4, -0.2) is 24.0 Å². The molecule has 0 bridgehead atoms. The van der Waals surface area contributed by atoms with Gasteiger partial charge in [0.15, 0.2) is 17.3 Å². The minimum Gasteiger partial charge on any atom is -0.493 e. The normalized spacial score (nSPS) is 10.0. The van der Waals surface area contributed by atoms with Crippen molar-refractivity contribution in [2.45, 2.75) is 13.0 Å². The second-order valence-electron chi connectivity index (χ2n) is 4.63. The van der Waals surface area contributed by atoms with Crippen molar-refractivity contribution in [1.82, 2.24) is 0 Å². The van der Waals surface area contributed by atoms with Crippen molar-refractivity contribution in [3.8, 4) is 11.5 Å². The number of rotatable bonds is 7. The number of ketones is 1. The maximum absolute atomic E-state index is 11.8. The highest BCUT2D eigenvalue weighted by Crippen LogP contribution is 2.29. The fourth-order valence-electron chi connectivity index (χ4n) is 1.94. The van der Waals surface area contributed by atoms with Gasteiger partial charge in [0.1, 0.15) is 13.0 Å². The Morgan fingerprint density at radius 1 is 1.05 bits per heavy atom. The summed E-state index contributed by atoms with van der Waals surface area (Å²) in [5.74, 6) is -0.738. The van der Waals surface area contributed by atoms with Crippen LogP contribution in [0.3, 0.4) is 0 Å². The van der Waals surface area contributed by atoms with E-state index in [2.05, 4.69) is 0 Å². The van der Waals surface area contributed by atoms with Crippen LogP contribution in [0.25, 0.3) is 0 Å². The maximum Gasteiger partial charge on any atom is 0.311 e. The van der Waals surface area contributed by atoms with Crippen molar-refractivity contribution in [3.05, 3.63) is 59.7 Å². The Labute approximate surface area is 128 Å². The zero-order valence-electron chi connectivity index (χ0n) is 12.1. The summed E-state index contributed by atoms with van der Waals surface area (Å²) in [5, 5.41) is 8.69. The van der Waals surface area contributed by atoms with E-state index in [1.54, 1.807) is 6.07 Å². The van der Waals surface area contributed by atoms with Gasteiger partial charge in [0, 0.05) is 5.56 Å². The van der Waals surface area contributed by atoms with E-state index in [1.807, 2.05) is 30.3 Å². The minimum atomic E-state index is -1.16. The zero-order chi connectivity index (χ0) is 15.9. The van der Waals surface area contributed by atoms with E-state index in [0.717, 1.165) is 5.56 Å². The van der Waals surface area contributed by atoms with Gasteiger partial charge in [-0.2, -0.15) is 0 Å². The van der Waals surface area contributed by atoms with E-state index in [9.17, 15) is 9.59 Å². The van der Waals surface area contributed by atoms with Crippen molar-refractivity contribution in [2.24, 2.45) is 0 Å². The second-order valence-corrected chi connectivity index (χ2v) is 4.63. The Morgan fingerprint density at radius 3 is 2.41 bits per heavy atom. The summed E-state index contributed by atoms with van der Waals surface area (Å²) >= 11 is 0. The quantitative estimate of drug-likeness (QED) is 0.628. The molecule has 0 saturated carbocycles. The smallest absolute Gasteiger partial charge is 0.311 e. The lowest BCUT2D eigenvalue weighted by Gasteiger charge is -2.12. The van der Waals surface area contributed by atoms with Crippen molar-refractivity contribution in [1.29, 1.82) is 0 Å². The maximum atomic E-state index is 11.8. The highest BCUT2D eigenvalue weighted by Gasteiger charge is 2.14. The minimum absolute atomic E-state index is 0.284. The highest BCUT2D eigenvalue weighted by atomic mass is 16.5. The number of Topliss-reactive ketones (excluding diaryl/α,β-unsaturated/α-hetero) is 1. The summed E-state index contributed by atoms with van der Waals surface area (Å²) in [6.45, 7) is 0.327. The van der Waals surface area contributed by atoms with Crippen LogP contribution in [0.15, 0.2) is 48.5 Å². The van der Waals surface area contributed by atoms with E-state index in [1.165, 1.54) is 19.2 Å². The summed E-state index contributed by atoms with van der Waals surface area (Å²) in [6.07, 6.45) is -0.551. The fourth-order valence-corrected chi connectivity index (χ4v) is 1.94. The number of hydrogen-bond donors (Lipinski definition) is 1. The van der Waals surface area contributed by atoms with Crippen LogP contribution >= 0.6 is 0 Å². The van der Waals surface area contributed by atoms with Gasteiger partial charge in [-0.15, -0.1) is 0 Å². The molecular weight excluding hydrogens is 284 g/mol. The summed E-state index contributed by atoms with van der Waals surface area (Å²) in [7, 11) is 1.50. The van der Waals surface area contributed by atoms with Gasteiger partial charge >= 0.3 is 5.97 Å². The predicted octanol–water partition coefficient (Wildman–Crippen LogP) is 2.93. The Bertz CT molecular complexity index is 664. The van der Waals surface area contributed by atoms with Gasteiger partial charge in [0.25, 0.3) is 0 Å². The largest absolute Gasteiger partial charge is 0.493 e. The Kier molecular flexibility index (Phi) is 5.14. The Morgan fingerprint density at radius 2 is 1.77 bits per heavy atom. The molecule has 0 aliphatic heterocycles. The van der Waals surface area contributed by atoms with Gasteiger partial charge < -0.3 is 14.6 Å². The van der Waals surface area contributed by atoms with Gasteiger partial charge in [0.2, 0.25) is 0 Å². The standard InChI is InChI=1S/C17H16O5/c1-21-15-8-7-13(14(18)10-17(19)20)9-16(15)22-11-12-5-3-2-4-6-12/h2-9H,10-11H2,1H3,(H,19,20). The zero-order valence-corrected chi connectivity index (χ0v) is 12.1. The monoisotopic (exact) mass is 300 g/mol. The molecule has 0 aromatic heterocycles. The third-order valence-electron chi connectivity index (χ3n) is 3.03. The molecule has 0 aliphatic rings. The SMILES string of the molecule is COc1ccc(C(=O)CC(=O)O)cc1OCc1ccccc1. The Balaban J connectivity index is 2.17. The summed E-state index contributed by atoms with van der Waals surface area (Å²) in [6, 6.07) is 14.2. The van der Waals surface area contributed by atoms with Crippen LogP contribution in [0.5, 0.6) is 11.5 Å². The van der Waals surface area contributed by atoms with Crippen LogP contribution in [0, 0.1) is 0 Å². The molecule has 0 atom stereocenters. The molecule has 5 heteroatoms. The highest BCUT2D eigenvalue weighted by molar-refractivity contribution is 6.05. The molecule has 0 fully saturated rings. The second kappa shape index (κ2) is 7.26. The van der Waals surface area contributed by atoms with Crippen LogP contribution in [-0.2, 0) is 11.4 Å². The molecule has 0 saturated heterocycles. The van der Waals surface area contributed by atoms with E-state index in [4.69, 9.17) is 14.6 Å². The lowest BCUT2D eigenvalue weighted by atomic mass is 10.1. The molecule has 1 N–H and O–H groups in total. The molecule has 0 spiro atoms. The average Bonchev–Trinajstić information content (AvgIpc) is 2.53. The number of aliphatic carboxylic acids is 1. The number of carbonyl (C=O) groups excluding carboxylic acids is 1. The van der Waals surface area contributed by atoms with E-state index >= 15 is 0 Å². The number of carboxylic acids is 1. The van der Waals surface area contributed by atoms with E-state index in [0.29, 0.717) is 18.1 Å². The van der Waals surface area contributed by atoms with Gasteiger partial charge in [-0.25, -0.2) is 0 Å². The number of hydrogen-bond acceptors (Lipinski definition) is 4. The third-order valence-corrected chi connectivity index (χ3v) is 3.03. The van der Waals surface area contributed by atoms with Gasteiger partial charge in [-0.3, -0.25) is 9.59 Å². The van der Waals surface area contributed by atoms with Gasteiger partial charge in [-0.1, -0.05) is 30.3 Å². The van der Waals surface area contributed by atoms with Crippen molar-refractivity contribution < 1.29 is 24.2 Å². The molecule has 114 valence electrons. The van der Waals surface area contributed by atoms with Crippen molar-refractivity contribution >= 4 is 11.8 Å². The predicted molar refractivity (Wildman–Crippen MR) is 80.4 cm³/mol. The summed E-state index contributed by atoms with van der Waals surface area (Å²) < 4.78 is 10.9. The summed E-state index contributed by atoms with van der Waals surface area (Å²) in [4.78, 5) is 22.4. The first-order chi connectivity index (χ1) is 10.6. The van der Waals surface area contributed by atoms with Crippen LogP contribution in [0.2, 0.25) is 0 Å². The average molecular weight is 300 g/mol. The molecule has 0 radical (unpaired) electrons. The molecule has 0 amide bonds. The van der Waals surface area contributed by atoms with E-state index < -0.39 is 18.2 Å². The van der Waals surface area contributed by atoms with Crippen molar-refractivity contribution in [3.63, 3.8) is 0 Å². The summed E-state index contributed by atoms with van der Waals surface area (Å²) in [5.41, 5.74) is 1.26. The molecule has 5 nitrogen and oxygen atoms in total. The molecule has 2 aromatic carbocycles. The first kappa shape index (κ1) is 15.6. The lowest BCUT2D eigenvalue weighted by molar-refractivity contribution is -0.135. The fraction of sp³-hybridized carbons (Fsp3) is 0.176. The first-order valence-corrected chi connectivity index (χ1v) is 6.70. The number of ether oxygens (including phenoxy) is 2. The van der Waals surface area contributed by atoms with E-state index in [-0.39, 0.29) is 5.56 Å². The number of benzene rings is 2. The number of carboxylic acid groups (broad SMARTS) is 1. The molecule has 2 aromatic rings. The van der Waals surface area contributed by atoms with Gasteiger partial charge in [-0.05, 0) is 23.8 Å². The Hall–Kier alpha value is -2.82. The molecule has 2 rings (SSSR count). The molecule has 0 aliphatic carbocycles. The molecule has 0 unspecified atom stereocenters. The van der Waals surface area contributed by atoms with Crippen molar-refractivity contribution in [2.75, 3.05) is 7.11 Å². The molecular formula is C17H16O5.